The minimum atomic E-state index is -3.79. The second-order valence-electron chi connectivity index (χ2n) is 10.7. The molecule has 0 fully saturated rings. The van der Waals surface area contributed by atoms with Gasteiger partial charge in [-0.05, 0) is 99.5 Å². The molecule has 0 spiro atoms. The fraction of sp³-hybridized carbons (Fsp3) is 0.367. The van der Waals surface area contributed by atoms with Gasteiger partial charge in [0.2, 0.25) is 0 Å². The first kappa shape index (κ1) is 26.9. The zero-order chi connectivity index (χ0) is 27.4. The summed E-state index contributed by atoms with van der Waals surface area (Å²) in [5.41, 5.74) is 8.19. The van der Waals surface area contributed by atoms with E-state index in [1.54, 1.807) is 27.0 Å². The van der Waals surface area contributed by atoms with Crippen LogP contribution < -0.4 is 4.31 Å². The Morgan fingerprint density at radius 3 is 2.14 bits per heavy atom. The molecule has 1 N–H and O–H groups in total. The zero-order valence-corrected chi connectivity index (χ0v) is 23.6. The van der Waals surface area contributed by atoms with Crippen molar-refractivity contribution < 1.29 is 23.1 Å². The van der Waals surface area contributed by atoms with E-state index in [0.717, 1.165) is 44.5 Å². The van der Waals surface area contributed by atoms with Gasteiger partial charge < -0.3 is 9.84 Å². The van der Waals surface area contributed by atoms with Crippen LogP contribution in [0.2, 0.25) is 0 Å². The highest BCUT2D eigenvalue weighted by atomic mass is 32.2. The van der Waals surface area contributed by atoms with Crippen LogP contribution in [0.1, 0.15) is 47.2 Å². The molecular formula is C30H35NO5S. The normalized spacial score (nSPS) is 14.2. The molecule has 1 aliphatic rings. The molecule has 3 aromatic rings. The predicted octanol–water partition coefficient (Wildman–Crippen LogP) is 5.56. The minimum absolute atomic E-state index is 0.0487. The molecule has 0 radical (unpaired) electrons. The fourth-order valence-corrected chi connectivity index (χ4v) is 6.55. The van der Waals surface area contributed by atoms with E-state index >= 15 is 0 Å². The van der Waals surface area contributed by atoms with Crippen molar-refractivity contribution in [3.05, 3.63) is 69.8 Å². The van der Waals surface area contributed by atoms with Gasteiger partial charge in [-0.3, -0.25) is 9.10 Å². The van der Waals surface area contributed by atoms with E-state index in [4.69, 9.17) is 4.74 Å². The number of fused-ring (bicyclic) bond motifs is 3. The molecule has 0 aliphatic carbocycles. The molecule has 1 heterocycles. The number of anilines is 1. The van der Waals surface area contributed by atoms with Crippen LogP contribution in [0.4, 0.5) is 5.69 Å². The molecule has 196 valence electrons. The summed E-state index contributed by atoms with van der Waals surface area (Å²) >= 11 is 0. The minimum Gasteiger partial charge on any atom is -0.462 e. The molecule has 3 aromatic carbocycles. The number of hydrogen-bond acceptors (Lipinski definition) is 5. The smallest absolute Gasteiger partial charge is 0.310 e. The highest BCUT2D eigenvalue weighted by molar-refractivity contribution is 7.93. The molecule has 0 saturated heterocycles. The molecule has 0 aromatic heterocycles. The van der Waals surface area contributed by atoms with Gasteiger partial charge in [0.15, 0.2) is 0 Å². The number of carbonyl (C=O) groups is 1. The summed E-state index contributed by atoms with van der Waals surface area (Å²) in [6.45, 7) is 12.8. The molecular weight excluding hydrogens is 486 g/mol. The van der Waals surface area contributed by atoms with E-state index in [0.29, 0.717) is 21.7 Å². The van der Waals surface area contributed by atoms with Crippen molar-refractivity contribution in [1.29, 1.82) is 0 Å². The number of hydrogen-bond donors (Lipinski definition) is 1. The standard InChI is InChI=1S/C30H35NO5S/c1-17-9-11-22(12-10-17)27-21(5)28-24-13-18(2)19(3)14-25(24)37(34,35)31(8)29(28)20(4)23(27)15-26(32)36-16-30(6,7)33/h9-14,33H,15-16H2,1-8H3. The van der Waals surface area contributed by atoms with E-state index in [2.05, 4.69) is 0 Å². The quantitative estimate of drug-likeness (QED) is 0.445. The average molecular weight is 522 g/mol. The van der Waals surface area contributed by atoms with Gasteiger partial charge in [-0.15, -0.1) is 0 Å². The number of nitrogens with zero attached hydrogens (tertiary/aromatic N) is 1. The lowest BCUT2D eigenvalue weighted by Crippen LogP contribution is -2.32. The number of benzene rings is 3. The van der Waals surface area contributed by atoms with Gasteiger partial charge in [0.05, 0.1) is 22.6 Å². The Bertz CT molecular complexity index is 1510. The summed E-state index contributed by atoms with van der Waals surface area (Å²) in [4.78, 5) is 13.2. The molecule has 0 bridgehead atoms. The van der Waals surface area contributed by atoms with E-state index < -0.39 is 21.6 Å². The molecule has 37 heavy (non-hydrogen) atoms. The predicted molar refractivity (Wildman–Crippen MR) is 148 cm³/mol. The molecule has 7 heteroatoms. The second-order valence-corrected chi connectivity index (χ2v) is 12.7. The van der Waals surface area contributed by atoms with Crippen molar-refractivity contribution in [1.82, 2.24) is 0 Å². The summed E-state index contributed by atoms with van der Waals surface area (Å²) in [7, 11) is -2.22. The van der Waals surface area contributed by atoms with E-state index in [-0.39, 0.29) is 13.0 Å². The van der Waals surface area contributed by atoms with Crippen LogP contribution in [0.15, 0.2) is 41.3 Å². The van der Waals surface area contributed by atoms with Gasteiger partial charge in [0.1, 0.15) is 6.61 Å². The van der Waals surface area contributed by atoms with Gasteiger partial charge in [0, 0.05) is 18.2 Å². The van der Waals surface area contributed by atoms with Crippen molar-refractivity contribution in [3.63, 3.8) is 0 Å². The third-order valence-corrected chi connectivity index (χ3v) is 8.96. The fourth-order valence-electron chi connectivity index (χ4n) is 5.02. The Morgan fingerprint density at radius 2 is 1.54 bits per heavy atom. The van der Waals surface area contributed by atoms with Crippen LogP contribution in [0, 0.1) is 34.6 Å². The summed E-state index contributed by atoms with van der Waals surface area (Å²) in [6, 6.07) is 11.8. The van der Waals surface area contributed by atoms with Crippen LogP contribution in [0.3, 0.4) is 0 Å². The molecule has 1 aliphatic heterocycles. The lowest BCUT2D eigenvalue weighted by molar-refractivity contribution is -0.149. The molecule has 4 rings (SSSR count). The molecule has 0 atom stereocenters. The van der Waals surface area contributed by atoms with Gasteiger partial charge in [0.25, 0.3) is 10.0 Å². The zero-order valence-electron chi connectivity index (χ0n) is 22.8. The molecule has 0 unspecified atom stereocenters. The largest absolute Gasteiger partial charge is 0.462 e. The van der Waals surface area contributed by atoms with Gasteiger partial charge >= 0.3 is 5.97 Å². The third-order valence-electron chi connectivity index (χ3n) is 7.16. The Labute approximate surface area is 220 Å². The maximum absolute atomic E-state index is 13.6. The van der Waals surface area contributed by atoms with Gasteiger partial charge in [-0.1, -0.05) is 29.8 Å². The lowest BCUT2D eigenvalue weighted by Gasteiger charge is -2.35. The first-order chi connectivity index (χ1) is 17.1. The topological polar surface area (TPSA) is 83.9 Å². The maximum Gasteiger partial charge on any atom is 0.310 e. The number of aliphatic hydroxyl groups is 1. The number of sulfonamides is 1. The highest BCUT2D eigenvalue weighted by Gasteiger charge is 2.37. The molecule has 6 nitrogen and oxygen atoms in total. The highest BCUT2D eigenvalue weighted by Crippen LogP contribution is 2.50. The number of aryl methyl sites for hydroxylation is 3. The van der Waals surface area contributed by atoms with Crippen LogP contribution in [0.25, 0.3) is 22.3 Å². The van der Waals surface area contributed by atoms with Crippen molar-refractivity contribution >= 4 is 21.7 Å². The van der Waals surface area contributed by atoms with Crippen molar-refractivity contribution in [2.75, 3.05) is 18.0 Å². The van der Waals surface area contributed by atoms with Crippen LogP contribution in [-0.4, -0.2) is 38.7 Å². The second kappa shape index (κ2) is 9.30. The Morgan fingerprint density at radius 1 is 0.946 bits per heavy atom. The Kier molecular flexibility index (Phi) is 6.76. The number of rotatable bonds is 5. The van der Waals surface area contributed by atoms with Gasteiger partial charge in [-0.2, -0.15) is 0 Å². The summed E-state index contributed by atoms with van der Waals surface area (Å²) < 4.78 is 34.0. The molecule has 0 saturated carbocycles. The van der Waals surface area contributed by atoms with Crippen molar-refractivity contribution in [2.24, 2.45) is 0 Å². The number of ether oxygens (including phenoxy) is 1. The van der Waals surface area contributed by atoms with Gasteiger partial charge in [-0.25, -0.2) is 8.42 Å². The summed E-state index contributed by atoms with van der Waals surface area (Å²) in [6.07, 6.45) is -0.0487. The lowest BCUT2D eigenvalue weighted by atomic mass is 9.82. The summed E-state index contributed by atoms with van der Waals surface area (Å²) in [5, 5.41) is 10.0. The van der Waals surface area contributed by atoms with E-state index in [1.807, 2.05) is 65.0 Å². The van der Waals surface area contributed by atoms with Crippen LogP contribution in [0.5, 0.6) is 0 Å². The van der Waals surface area contributed by atoms with Crippen LogP contribution in [-0.2, 0) is 26.0 Å². The Hall–Kier alpha value is -3.16. The SMILES string of the molecule is Cc1ccc(-c2c(C)c3c(c(C)c2CC(=O)OCC(C)(C)O)N(C)S(=O)(=O)c2cc(C)c(C)cc2-3)cc1. The first-order valence-electron chi connectivity index (χ1n) is 12.3. The monoisotopic (exact) mass is 521 g/mol. The average Bonchev–Trinajstić information content (AvgIpc) is 2.80. The van der Waals surface area contributed by atoms with E-state index in [9.17, 15) is 18.3 Å². The van der Waals surface area contributed by atoms with Crippen molar-refractivity contribution in [3.8, 4) is 22.3 Å². The third kappa shape index (κ3) is 4.78. The molecule has 0 amide bonds. The number of esters is 1. The van der Waals surface area contributed by atoms with Crippen LogP contribution >= 0.6 is 0 Å². The first-order valence-corrected chi connectivity index (χ1v) is 13.8. The van der Waals surface area contributed by atoms with E-state index in [1.165, 1.54) is 4.31 Å². The Balaban J connectivity index is 2.04. The number of carbonyl (C=O) groups excluding carboxylic acids is 1. The maximum atomic E-state index is 13.6. The summed E-state index contributed by atoms with van der Waals surface area (Å²) in [5.74, 6) is -0.480. The van der Waals surface area contributed by atoms with Crippen molar-refractivity contribution in [2.45, 2.75) is 65.4 Å².